The molecule has 2 amide bonds. The average Bonchev–Trinajstić information content (AvgIpc) is 3.16. The van der Waals surface area contributed by atoms with Gasteiger partial charge in [-0.2, -0.15) is 26.3 Å². The van der Waals surface area contributed by atoms with Crippen molar-refractivity contribution in [1.82, 2.24) is 0 Å². The SMILES string of the molecule is CN(C(=O)C(F)(F)F)c1ccccc1CSC1=NC(C)(C)C(SCc2ccccc2N(C)C(=O)C(F)(F)F)=N1. The van der Waals surface area contributed by atoms with E-state index in [2.05, 4.69) is 9.98 Å². The number of carbonyl (C=O) groups excluding carboxylic acids is 2. The van der Waals surface area contributed by atoms with Gasteiger partial charge in [-0.25, -0.2) is 9.98 Å². The average molecular weight is 591 g/mol. The topological polar surface area (TPSA) is 65.3 Å². The number of para-hydroxylation sites is 2. The standard InChI is InChI=1S/C25H24F6N4O2S2/c1-23(2)19(38-13-15-9-5-7-11-17(15)34(3)20(36)24(26,27)28)32-22(33-23)39-14-16-10-6-8-12-18(16)35(4)21(37)25(29,30)31/h5-12H,13-14H2,1-4H3. The number of benzene rings is 2. The summed E-state index contributed by atoms with van der Waals surface area (Å²) in [6.07, 6.45) is -10.0. The molecule has 0 N–H and O–H groups in total. The molecule has 2 aromatic rings. The number of alkyl halides is 6. The summed E-state index contributed by atoms with van der Waals surface area (Å²) < 4.78 is 77.6. The fourth-order valence-electron chi connectivity index (χ4n) is 3.62. The molecule has 2 aromatic carbocycles. The fraction of sp³-hybridized carbons (Fsp3) is 0.360. The number of halogens is 6. The summed E-state index contributed by atoms with van der Waals surface area (Å²) in [5, 5.41) is 0.960. The van der Waals surface area contributed by atoms with Crippen molar-refractivity contribution in [3.8, 4) is 0 Å². The molecule has 0 aliphatic carbocycles. The summed E-state index contributed by atoms with van der Waals surface area (Å²) in [5.74, 6) is -3.56. The Bertz CT molecular complexity index is 1310. The highest BCUT2D eigenvalue weighted by Gasteiger charge is 2.43. The maximum Gasteiger partial charge on any atom is 0.471 e. The van der Waals surface area contributed by atoms with Crippen molar-refractivity contribution in [2.45, 2.75) is 43.2 Å². The first kappa shape index (κ1) is 30.5. The van der Waals surface area contributed by atoms with E-state index in [-0.39, 0.29) is 22.9 Å². The van der Waals surface area contributed by atoms with Gasteiger partial charge in [0, 0.05) is 37.0 Å². The van der Waals surface area contributed by atoms with Gasteiger partial charge in [0.1, 0.15) is 10.6 Å². The lowest BCUT2D eigenvalue weighted by molar-refractivity contribution is -0.170. The number of rotatable bonds is 6. The third-order valence-electron chi connectivity index (χ3n) is 5.62. The van der Waals surface area contributed by atoms with Crippen LogP contribution in [0.1, 0.15) is 25.0 Å². The van der Waals surface area contributed by atoms with Crippen molar-refractivity contribution in [2.75, 3.05) is 23.9 Å². The molecular weight excluding hydrogens is 566 g/mol. The van der Waals surface area contributed by atoms with Crippen LogP contribution < -0.4 is 9.80 Å². The molecule has 1 aliphatic heterocycles. The lowest BCUT2D eigenvalue weighted by Crippen LogP contribution is -2.38. The molecule has 0 spiro atoms. The zero-order chi connectivity index (χ0) is 29.2. The van der Waals surface area contributed by atoms with Crippen LogP contribution in [0.25, 0.3) is 0 Å². The van der Waals surface area contributed by atoms with E-state index in [0.717, 1.165) is 14.1 Å². The lowest BCUT2D eigenvalue weighted by atomic mass is 10.1. The highest BCUT2D eigenvalue weighted by molar-refractivity contribution is 8.15. The molecule has 0 bridgehead atoms. The monoisotopic (exact) mass is 590 g/mol. The van der Waals surface area contributed by atoms with E-state index < -0.39 is 29.7 Å². The van der Waals surface area contributed by atoms with Gasteiger partial charge in [-0.05, 0) is 37.1 Å². The molecule has 210 valence electrons. The minimum atomic E-state index is -5.02. The van der Waals surface area contributed by atoms with E-state index in [4.69, 9.17) is 0 Å². The van der Waals surface area contributed by atoms with E-state index >= 15 is 0 Å². The number of carbonyl (C=O) groups is 2. The van der Waals surface area contributed by atoms with Crippen LogP contribution in [0.5, 0.6) is 0 Å². The van der Waals surface area contributed by atoms with E-state index in [1.165, 1.54) is 47.8 Å². The normalized spacial score (nSPS) is 15.0. The Balaban J connectivity index is 1.73. The second-order valence-electron chi connectivity index (χ2n) is 8.93. The van der Waals surface area contributed by atoms with Crippen molar-refractivity contribution < 1.29 is 35.9 Å². The van der Waals surface area contributed by atoms with Crippen LogP contribution in [0.2, 0.25) is 0 Å². The van der Waals surface area contributed by atoms with Gasteiger partial charge in [0.15, 0.2) is 5.17 Å². The smallest absolute Gasteiger partial charge is 0.307 e. The Morgan fingerprint density at radius 3 is 1.62 bits per heavy atom. The number of hydrogen-bond acceptors (Lipinski definition) is 6. The van der Waals surface area contributed by atoms with Gasteiger partial charge in [0.2, 0.25) is 0 Å². The molecule has 6 nitrogen and oxygen atoms in total. The number of thioether (sulfide) groups is 2. The van der Waals surface area contributed by atoms with E-state index in [1.54, 1.807) is 38.1 Å². The summed E-state index contributed by atoms with van der Waals surface area (Å²) in [5.41, 5.74) is 0.448. The first-order valence-electron chi connectivity index (χ1n) is 11.3. The lowest BCUT2D eigenvalue weighted by Gasteiger charge is -2.22. The Kier molecular flexibility index (Phi) is 9.10. The molecule has 0 saturated carbocycles. The summed E-state index contributed by atoms with van der Waals surface area (Å²) in [7, 11) is 2.12. The van der Waals surface area contributed by atoms with E-state index in [0.29, 0.717) is 31.1 Å². The summed E-state index contributed by atoms with van der Waals surface area (Å²) >= 11 is 2.44. The molecule has 0 unspecified atom stereocenters. The number of amidine groups is 1. The highest BCUT2D eigenvalue weighted by Crippen LogP contribution is 2.35. The van der Waals surface area contributed by atoms with Gasteiger partial charge in [-0.3, -0.25) is 9.59 Å². The minimum absolute atomic E-state index is 0.109. The number of anilines is 2. The molecule has 0 atom stereocenters. The van der Waals surface area contributed by atoms with Crippen molar-refractivity contribution in [3.63, 3.8) is 0 Å². The molecule has 3 rings (SSSR count). The fourth-order valence-corrected chi connectivity index (χ4v) is 5.74. The Labute approximate surface area is 229 Å². The number of nitrogens with zero attached hydrogens (tertiary/aromatic N) is 4. The van der Waals surface area contributed by atoms with Crippen molar-refractivity contribution in [3.05, 3.63) is 59.7 Å². The maximum atomic E-state index is 12.9. The van der Waals surface area contributed by atoms with Crippen LogP contribution in [-0.2, 0) is 21.1 Å². The van der Waals surface area contributed by atoms with Gasteiger partial charge >= 0.3 is 24.2 Å². The van der Waals surface area contributed by atoms with Gasteiger partial charge in [0.05, 0.1) is 0 Å². The van der Waals surface area contributed by atoms with Gasteiger partial charge < -0.3 is 9.80 Å². The van der Waals surface area contributed by atoms with Crippen molar-refractivity contribution in [1.29, 1.82) is 0 Å². The highest BCUT2D eigenvalue weighted by atomic mass is 32.2. The second kappa shape index (κ2) is 11.6. The molecule has 0 fully saturated rings. The van der Waals surface area contributed by atoms with Crippen LogP contribution >= 0.6 is 23.5 Å². The number of amides is 2. The molecule has 0 aromatic heterocycles. The van der Waals surface area contributed by atoms with Crippen LogP contribution in [0.3, 0.4) is 0 Å². The molecule has 14 heteroatoms. The quantitative estimate of drug-likeness (QED) is 0.363. The molecule has 1 heterocycles. The second-order valence-corrected chi connectivity index (χ2v) is 10.8. The Morgan fingerprint density at radius 2 is 1.18 bits per heavy atom. The Morgan fingerprint density at radius 1 is 0.769 bits per heavy atom. The molecule has 39 heavy (non-hydrogen) atoms. The van der Waals surface area contributed by atoms with Crippen LogP contribution in [0.4, 0.5) is 37.7 Å². The first-order chi connectivity index (χ1) is 18.0. The van der Waals surface area contributed by atoms with Crippen molar-refractivity contribution >= 4 is 56.9 Å². The summed E-state index contributed by atoms with van der Waals surface area (Å²) in [6, 6.07) is 12.5. The third kappa shape index (κ3) is 7.35. The summed E-state index contributed by atoms with van der Waals surface area (Å²) in [6.45, 7) is 3.61. The van der Waals surface area contributed by atoms with Gasteiger partial charge in [0.25, 0.3) is 0 Å². The maximum absolute atomic E-state index is 12.9. The van der Waals surface area contributed by atoms with Gasteiger partial charge in [-0.1, -0.05) is 48.2 Å². The van der Waals surface area contributed by atoms with Crippen LogP contribution in [0.15, 0.2) is 58.5 Å². The summed E-state index contributed by atoms with van der Waals surface area (Å²) in [4.78, 5) is 33.7. The zero-order valence-corrected chi connectivity index (χ0v) is 22.9. The molecule has 1 aliphatic rings. The van der Waals surface area contributed by atoms with E-state index in [1.807, 2.05) is 0 Å². The van der Waals surface area contributed by atoms with Gasteiger partial charge in [-0.15, -0.1) is 11.8 Å². The van der Waals surface area contributed by atoms with Crippen molar-refractivity contribution in [2.24, 2.45) is 9.98 Å². The minimum Gasteiger partial charge on any atom is -0.307 e. The largest absolute Gasteiger partial charge is 0.471 e. The zero-order valence-electron chi connectivity index (χ0n) is 21.2. The Hall–Kier alpha value is -3.00. The molecule has 0 radical (unpaired) electrons. The molecular formula is C25H24F6N4O2S2. The molecule has 0 saturated heterocycles. The van der Waals surface area contributed by atoms with E-state index in [9.17, 15) is 35.9 Å². The predicted molar refractivity (Wildman–Crippen MR) is 143 cm³/mol. The first-order valence-corrected chi connectivity index (χ1v) is 13.3. The third-order valence-corrected chi connectivity index (χ3v) is 7.83. The van der Waals surface area contributed by atoms with Crippen LogP contribution in [-0.4, -0.2) is 54.0 Å². The number of aliphatic imine (C=N–C) groups is 2. The van der Waals surface area contributed by atoms with Crippen LogP contribution in [0, 0.1) is 0 Å². The number of hydrogen-bond donors (Lipinski definition) is 0. The predicted octanol–water partition coefficient (Wildman–Crippen LogP) is 6.45.